The quantitative estimate of drug-likeness (QED) is 0.619. The molecule has 2 aromatic rings. The molecule has 0 bridgehead atoms. The molecule has 2 aromatic carbocycles. The van der Waals surface area contributed by atoms with E-state index in [-0.39, 0.29) is 29.6 Å². The molecular formula is C17H17N3O5. The second-order valence-corrected chi connectivity index (χ2v) is 5.24. The molecule has 0 saturated heterocycles. The molecule has 2 N–H and O–H groups in total. The summed E-state index contributed by atoms with van der Waals surface area (Å²) in [6, 6.07) is 11.0. The fourth-order valence-electron chi connectivity index (χ4n) is 2.18. The lowest BCUT2D eigenvalue weighted by Crippen LogP contribution is -2.15. The van der Waals surface area contributed by atoms with Crippen molar-refractivity contribution in [3.8, 4) is 5.75 Å². The van der Waals surface area contributed by atoms with Gasteiger partial charge in [-0.1, -0.05) is 12.1 Å². The van der Waals surface area contributed by atoms with E-state index in [1.165, 1.54) is 32.2 Å². The zero-order valence-corrected chi connectivity index (χ0v) is 13.7. The van der Waals surface area contributed by atoms with Gasteiger partial charge in [0.2, 0.25) is 11.8 Å². The number of hydrogen-bond acceptors (Lipinski definition) is 5. The average molecular weight is 343 g/mol. The Balaban J connectivity index is 2.07. The van der Waals surface area contributed by atoms with Crippen LogP contribution in [0.15, 0.2) is 42.5 Å². The number of ether oxygens (including phenoxy) is 1. The van der Waals surface area contributed by atoms with Gasteiger partial charge >= 0.3 is 0 Å². The lowest BCUT2D eigenvalue weighted by atomic mass is 10.1. The molecule has 0 unspecified atom stereocenters. The number of hydrogen-bond donors (Lipinski definition) is 2. The first-order chi connectivity index (χ1) is 11.9. The van der Waals surface area contributed by atoms with Gasteiger partial charge in [0.25, 0.3) is 5.69 Å². The maximum absolute atomic E-state index is 12.1. The summed E-state index contributed by atoms with van der Waals surface area (Å²) in [4.78, 5) is 33.6. The molecule has 0 heterocycles. The van der Waals surface area contributed by atoms with Crippen molar-refractivity contribution >= 4 is 28.9 Å². The first-order valence-corrected chi connectivity index (χ1v) is 7.38. The summed E-state index contributed by atoms with van der Waals surface area (Å²) in [7, 11) is 1.40. The maximum Gasteiger partial charge on any atom is 0.296 e. The molecule has 0 aliphatic rings. The maximum atomic E-state index is 12.1. The number of nitro benzene ring substituents is 1. The molecule has 0 atom stereocenters. The number of benzene rings is 2. The summed E-state index contributed by atoms with van der Waals surface area (Å²) in [5.41, 5.74) is 1.20. The summed E-state index contributed by atoms with van der Waals surface area (Å²) in [5.74, 6) is -0.240. The van der Waals surface area contributed by atoms with Gasteiger partial charge in [0.1, 0.15) is 11.4 Å². The normalized spacial score (nSPS) is 10.0. The standard InChI is InChI=1S/C17H17N3O5/c1-11(21)18-13-5-3-12(4-6-13)9-17(22)19-15-8-7-14(25-2)10-16(15)20(23)24/h3-8,10H,9H2,1-2H3,(H,18,21)(H,19,22). The Morgan fingerprint density at radius 1 is 1.12 bits per heavy atom. The van der Waals surface area contributed by atoms with Crippen LogP contribution in [0.5, 0.6) is 5.75 Å². The number of anilines is 2. The van der Waals surface area contributed by atoms with E-state index < -0.39 is 4.92 Å². The molecular weight excluding hydrogens is 326 g/mol. The highest BCUT2D eigenvalue weighted by molar-refractivity contribution is 5.94. The van der Waals surface area contributed by atoms with E-state index in [1.54, 1.807) is 24.3 Å². The molecule has 0 radical (unpaired) electrons. The molecule has 0 spiro atoms. The number of carbonyl (C=O) groups is 2. The number of carbonyl (C=O) groups excluding carboxylic acids is 2. The predicted octanol–water partition coefficient (Wildman–Crippen LogP) is 2.74. The molecule has 0 aliphatic heterocycles. The Kier molecular flexibility index (Phi) is 5.67. The molecule has 0 fully saturated rings. The van der Waals surface area contributed by atoms with Crippen molar-refractivity contribution < 1.29 is 19.2 Å². The third-order valence-electron chi connectivity index (χ3n) is 3.31. The summed E-state index contributed by atoms with van der Waals surface area (Å²) >= 11 is 0. The van der Waals surface area contributed by atoms with E-state index in [0.29, 0.717) is 17.0 Å². The molecule has 0 aliphatic carbocycles. The summed E-state index contributed by atoms with van der Waals surface area (Å²) in [5, 5.41) is 16.3. The van der Waals surface area contributed by atoms with Crippen LogP contribution in [-0.2, 0) is 16.0 Å². The number of methoxy groups -OCH3 is 1. The summed E-state index contributed by atoms with van der Waals surface area (Å²) in [6.07, 6.45) is 0.0452. The van der Waals surface area contributed by atoms with Crippen molar-refractivity contribution in [1.29, 1.82) is 0 Å². The zero-order chi connectivity index (χ0) is 18.4. The van der Waals surface area contributed by atoms with Gasteiger partial charge in [0.15, 0.2) is 0 Å². The number of nitrogens with zero attached hydrogens (tertiary/aromatic N) is 1. The van der Waals surface area contributed by atoms with Crippen molar-refractivity contribution in [2.45, 2.75) is 13.3 Å². The second-order valence-electron chi connectivity index (χ2n) is 5.24. The van der Waals surface area contributed by atoms with E-state index >= 15 is 0 Å². The average Bonchev–Trinajstić information content (AvgIpc) is 2.56. The van der Waals surface area contributed by atoms with E-state index in [9.17, 15) is 19.7 Å². The van der Waals surface area contributed by atoms with Crippen molar-refractivity contribution in [2.24, 2.45) is 0 Å². The van der Waals surface area contributed by atoms with Gasteiger partial charge in [-0.3, -0.25) is 19.7 Å². The molecule has 130 valence electrons. The van der Waals surface area contributed by atoms with Gasteiger partial charge in [0.05, 0.1) is 24.5 Å². The first kappa shape index (κ1) is 17.9. The fraction of sp³-hybridized carbons (Fsp3) is 0.176. The SMILES string of the molecule is COc1ccc(NC(=O)Cc2ccc(NC(C)=O)cc2)c([N+](=O)[O-])c1. The van der Waals surface area contributed by atoms with Crippen LogP contribution in [0, 0.1) is 10.1 Å². The van der Waals surface area contributed by atoms with E-state index in [1.807, 2.05) is 0 Å². The van der Waals surface area contributed by atoms with Gasteiger partial charge in [0, 0.05) is 12.6 Å². The molecule has 2 amide bonds. The third kappa shape index (κ3) is 5.03. The Morgan fingerprint density at radius 3 is 2.36 bits per heavy atom. The monoisotopic (exact) mass is 343 g/mol. The smallest absolute Gasteiger partial charge is 0.296 e. The van der Waals surface area contributed by atoms with Gasteiger partial charge < -0.3 is 15.4 Å². The predicted molar refractivity (Wildman–Crippen MR) is 92.7 cm³/mol. The molecule has 8 heteroatoms. The highest BCUT2D eigenvalue weighted by Gasteiger charge is 2.17. The van der Waals surface area contributed by atoms with Crippen molar-refractivity contribution in [3.05, 3.63) is 58.1 Å². The van der Waals surface area contributed by atoms with Crippen LogP contribution in [-0.4, -0.2) is 23.8 Å². The first-order valence-electron chi connectivity index (χ1n) is 7.38. The van der Waals surface area contributed by atoms with Crippen molar-refractivity contribution in [1.82, 2.24) is 0 Å². The van der Waals surface area contributed by atoms with E-state index in [2.05, 4.69) is 10.6 Å². The number of rotatable bonds is 6. The lowest BCUT2D eigenvalue weighted by molar-refractivity contribution is -0.384. The summed E-state index contributed by atoms with van der Waals surface area (Å²) in [6.45, 7) is 1.41. The third-order valence-corrected chi connectivity index (χ3v) is 3.31. The highest BCUT2D eigenvalue weighted by atomic mass is 16.6. The second kappa shape index (κ2) is 7.91. The Labute approximate surface area is 144 Å². The minimum absolute atomic E-state index is 0.0452. The number of nitro groups is 1. The van der Waals surface area contributed by atoms with E-state index in [4.69, 9.17) is 4.74 Å². The number of nitrogens with one attached hydrogen (secondary N) is 2. The molecule has 2 rings (SSSR count). The van der Waals surface area contributed by atoms with Crippen LogP contribution >= 0.6 is 0 Å². The Morgan fingerprint density at radius 2 is 1.80 bits per heavy atom. The van der Waals surface area contributed by atoms with Crippen LogP contribution in [0.3, 0.4) is 0 Å². The van der Waals surface area contributed by atoms with E-state index in [0.717, 1.165) is 0 Å². The van der Waals surface area contributed by atoms with Crippen LogP contribution in [0.1, 0.15) is 12.5 Å². The van der Waals surface area contributed by atoms with Crippen molar-refractivity contribution in [2.75, 3.05) is 17.7 Å². The largest absolute Gasteiger partial charge is 0.496 e. The zero-order valence-electron chi connectivity index (χ0n) is 13.7. The number of amides is 2. The topological polar surface area (TPSA) is 111 Å². The van der Waals surface area contributed by atoms with Gasteiger partial charge in [-0.05, 0) is 29.8 Å². The Hall–Kier alpha value is -3.42. The molecule has 8 nitrogen and oxygen atoms in total. The minimum atomic E-state index is -0.583. The Bertz CT molecular complexity index is 802. The van der Waals surface area contributed by atoms with Gasteiger partial charge in [-0.15, -0.1) is 0 Å². The van der Waals surface area contributed by atoms with Crippen molar-refractivity contribution in [3.63, 3.8) is 0 Å². The molecule has 25 heavy (non-hydrogen) atoms. The van der Waals surface area contributed by atoms with Crippen LogP contribution in [0.4, 0.5) is 17.1 Å². The van der Waals surface area contributed by atoms with Gasteiger partial charge in [-0.2, -0.15) is 0 Å². The molecule has 0 aromatic heterocycles. The molecule has 0 saturated carbocycles. The lowest BCUT2D eigenvalue weighted by Gasteiger charge is -2.08. The van der Waals surface area contributed by atoms with Crippen LogP contribution in [0.25, 0.3) is 0 Å². The minimum Gasteiger partial charge on any atom is -0.496 e. The highest BCUT2D eigenvalue weighted by Crippen LogP contribution is 2.29. The van der Waals surface area contributed by atoms with Gasteiger partial charge in [-0.25, -0.2) is 0 Å². The van der Waals surface area contributed by atoms with Crippen LogP contribution in [0.2, 0.25) is 0 Å². The van der Waals surface area contributed by atoms with Crippen LogP contribution < -0.4 is 15.4 Å². The summed E-state index contributed by atoms with van der Waals surface area (Å²) < 4.78 is 4.95. The fourth-order valence-corrected chi connectivity index (χ4v) is 2.18.